The molecule has 1 atom stereocenters. The summed E-state index contributed by atoms with van der Waals surface area (Å²) in [6.45, 7) is 11.3. The molecule has 0 saturated heterocycles. The maximum absolute atomic E-state index is 9.56. The average Bonchev–Trinajstić information content (AvgIpc) is 2.16. The fourth-order valence-electron chi connectivity index (χ4n) is 3.50. The Bertz CT molecular complexity index is 197. The molecule has 16 heavy (non-hydrogen) atoms. The summed E-state index contributed by atoms with van der Waals surface area (Å²) in [5.41, 5.74) is 0.316. The minimum Gasteiger partial charge on any atom is -0.393 e. The highest BCUT2D eigenvalue weighted by Crippen LogP contribution is 2.44. The molecule has 1 N–H and O–H groups in total. The smallest absolute Gasteiger partial charge is 0.0517 e. The molecule has 1 fully saturated rings. The lowest BCUT2D eigenvalue weighted by molar-refractivity contribution is 0.0584. The average molecular weight is 226 g/mol. The van der Waals surface area contributed by atoms with Crippen LogP contribution in [0.2, 0.25) is 0 Å². The van der Waals surface area contributed by atoms with E-state index in [1.165, 1.54) is 25.7 Å². The van der Waals surface area contributed by atoms with Gasteiger partial charge >= 0.3 is 0 Å². The molecule has 1 heteroatoms. The topological polar surface area (TPSA) is 20.2 Å². The molecule has 0 aromatic carbocycles. The van der Waals surface area contributed by atoms with Gasteiger partial charge in [-0.05, 0) is 62.2 Å². The summed E-state index contributed by atoms with van der Waals surface area (Å²) in [4.78, 5) is 0. The fraction of sp³-hybridized carbons (Fsp3) is 1.00. The van der Waals surface area contributed by atoms with Crippen LogP contribution in [0, 0.1) is 23.2 Å². The van der Waals surface area contributed by atoms with E-state index in [9.17, 15) is 5.11 Å². The van der Waals surface area contributed by atoms with Gasteiger partial charge in [-0.1, -0.05) is 27.7 Å². The molecule has 96 valence electrons. The summed E-state index contributed by atoms with van der Waals surface area (Å²) < 4.78 is 0. The quantitative estimate of drug-likeness (QED) is 0.760. The highest BCUT2D eigenvalue weighted by Gasteiger charge is 2.34. The predicted molar refractivity (Wildman–Crippen MR) is 70.4 cm³/mol. The van der Waals surface area contributed by atoms with Crippen LogP contribution in [0.15, 0.2) is 0 Å². The maximum Gasteiger partial charge on any atom is 0.0517 e. The van der Waals surface area contributed by atoms with E-state index in [1.54, 1.807) is 0 Å². The van der Waals surface area contributed by atoms with Crippen LogP contribution in [0.1, 0.15) is 66.7 Å². The van der Waals surface area contributed by atoms with Gasteiger partial charge in [-0.2, -0.15) is 0 Å². The summed E-state index contributed by atoms with van der Waals surface area (Å²) >= 11 is 0. The first-order chi connectivity index (χ1) is 7.33. The monoisotopic (exact) mass is 226 g/mol. The molecule has 1 aliphatic rings. The molecule has 1 aliphatic carbocycles. The Kier molecular flexibility index (Phi) is 4.85. The second-order valence-electron chi connectivity index (χ2n) is 6.90. The number of hydrogen-bond donors (Lipinski definition) is 1. The van der Waals surface area contributed by atoms with Crippen LogP contribution in [-0.2, 0) is 0 Å². The van der Waals surface area contributed by atoms with Gasteiger partial charge in [0.15, 0.2) is 0 Å². The van der Waals surface area contributed by atoms with Crippen LogP contribution in [0.3, 0.4) is 0 Å². The summed E-state index contributed by atoms with van der Waals surface area (Å²) in [5.74, 6) is 2.61. The van der Waals surface area contributed by atoms with Crippen molar-refractivity contribution in [2.45, 2.75) is 72.8 Å². The van der Waals surface area contributed by atoms with E-state index < -0.39 is 0 Å². The number of rotatable bonds is 4. The molecule has 0 aliphatic heterocycles. The van der Waals surface area contributed by atoms with Crippen LogP contribution in [0.25, 0.3) is 0 Å². The first-order valence-electron chi connectivity index (χ1n) is 7.01. The highest BCUT2D eigenvalue weighted by atomic mass is 16.3. The summed E-state index contributed by atoms with van der Waals surface area (Å²) in [6, 6.07) is 0. The van der Waals surface area contributed by atoms with Crippen LogP contribution >= 0.6 is 0 Å². The standard InChI is InChI=1S/C15H30O/c1-11(2)13-6-8-14(9-7-13)15(4,5)10-12(3)16/h11-14,16H,6-10H2,1-5H3. The molecule has 1 saturated carbocycles. The minimum atomic E-state index is -0.155. The largest absolute Gasteiger partial charge is 0.393 e. The van der Waals surface area contributed by atoms with E-state index >= 15 is 0 Å². The first kappa shape index (κ1) is 14.0. The Hall–Kier alpha value is -0.0400. The predicted octanol–water partition coefficient (Wildman–Crippen LogP) is 4.25. The Morgan fingerprint density at radius 1 is 1.06 bits per heavy atom. The van der Waals surface area contributed by atoms with E-state index in [0.29, 0.717) is 5.41 Å². The van der Waals surface area contributed by atoms with Crippen LogP contribution in [-0.4, -0.2) is 11.2 Å². The van der Waals surface area contributed by atoms with E-state index in [0.717, 1.165) is 24.2 Å². The minimum absolute atomic E-state index is 0.155. The molecule has 0 spiro atoms. The molecule has 0 amide bonds. The molecular formula is C15H30O. The van der Waals surface area contributed by atoms with Gasteiger partial charge in [-0.3, -0.25) is 0 Å². The van der Waals surface area contributed by atoms with Crippen molar-refractivity contribution in [3.8, 4) is 0 Å². The van der Waals surface area contributed by atoms with Crippen molar-refractivity contribution in [3.63, 3.8) is 0 Å². The van der Waals surface area contributed by atoms with Crippen LogP contribution in [0.4, 0.5) is 0 Å². The molecule has 0 radical (unpaired) electrons. The fourth-order valence-corrected chi connectivity index (χ4v) is 3.50. The first-order valence-corrected chi connectivity index (χ1v) is 7.01. The third kappa shape index (κ3) is 3.76. The number of hydrogen-bond acceptors (Lipinski definition) is 1. The lowest BCUT2D eigenvalue weighted by Gasteiger charge is -2.41. The molecule has 1 rings (SSSR count). The van der Waals surface area contributed by atoms with Crippen molar-refractivity contribution in [2.75, 3.05) is 0 Å². The number of aliphatic hydroxyl groups excluding tert-OH is 1. The Morgan fingerprint density at radius 2 is 1.56 bits per heavy atom. The van der Waals surface area contributed by atoms with Crippen molar-refractivity contribution < 1.29 is 5.11 Å². The molecule has 1 nitrogen and oxygen atoms in total. The normalized spacial score (nSPS) is 29.4. The van der Waals surface area contributed by atoms with Crippen molar-refractivity contribution in [2.24, 2.45) is 23.2 Å². The van der Waals surface area contributed by atoms with Gasteiger partial charge in [0.1, 0.15) is 0 Å². The van der Waals surface area contributed by atoms with Gasteiger partial charge in [-0.15, -0.1) is 0 Å². The van der Waals surface area contributed by atoms with Gasteiger partial charge < -0.3 is 5.11 Å². The molecule has 0 bridgehead atoms. The second-order valence-corrected chi connectivity index (χ2v) is 6.90. The lowest BCUT2D eigenvalue weighted by atomic mass is 9.65. The highest BCUT2D eigenvalue weighted by molar-refractivity contribution is 4.85. The zero-order valence-corrected chi connectivity index (χ0v) is 11.8. The van der Waals surface area contributed by atoms with E-state index in [-0.39, 0.29) is 6.10 Å². The SMILES string of the molecule is CC(O)CC(C)(C)C1CCC(C(C)C)CC1. The van der Waals surface area contributed by atoms with Crippen LogP contribution < -0.4 is 0 Å². The number of aliphatic hydroxyl groups is 1. The zero-order valence-electron chi connectivity index (χ0n) is 11.8. The van der Waals surface area contributed by atoms with Crippen molar-refractivity contribution >= 4 is 0 Å². The maximum atomic E-state index is 9.56. The third-order valence-electron chi connectivity index (χ3n) is 4.64. The zero-order chi connectivity index (χ0) is 12.3. The Labute approximate surface area is 102 Å². The van der Waals surface area contributed by atoms with E-state index in [2.05, 4.69) is 27.7 Å². The van der Waals surface area contributed by atoms with Crippen molar-refractivity contribution in [1.82, 2.24) is 0 Å². The van der Waals surface area contributed by atoms with Crippen molar-refractivity contribution in [3.05, 3.63) is 0 Å². The Morgan fingerprint density at radius 3 is 1.94 bits per heavy atom. The van der Waals surface area contributed by atoms with Gasteiger partial charge in [-0.25, -0.2) is 0 Å². The summed E-state index contributed by atoms with van der Waals surface area (Å²) in [7, 11) is 0. The van der Waals surface area contributed by atoms with E-state index in [4.69, 9.17) is 0 Å². The molecule has 0 heterocycles. The van der Waals surface area contributed by atoms with Crippen molar-refractivity contribution in [1.29, 1.82) is 0 Å². The molecule has 1 unspecified atom stereocenters. The van der Waals surface area contributed by atoms with Gasteiger partial charge in [0.2, 0.25) is 0 Å². The van der Waals surface area contributed by atoms with Gasteiger partial charge in [0.25, 0.3) is 0 Å². The third-order valence-corrected chi connectivity index (χ3v) is 4.64. The van der Waals surface area contributed by atoms with Gasteiger partial charge in [0, 0.05) is 0 Å². The lowest BCUT2D eigenvalue weighted by Crippen LogP contribution is -2.32. The molecule has 0 aromatic rings. The van der Waals surface area contributed by atoms with Gasteiger partial charge in [0.05, 0.1) is 6.10 Å². The summed E-state index contributed by atoms with van der Waals surface area (Å²) in [5, 5.41) is 9.56. The Balaban J connectivity index is 2.46. The molecule has 0 aromatic heterocycles. The molecular weight excluding hydrogens is 196 g/mol. The van der Waals surface area contributed by atoms with Crippen LogP contribution in [0.5, 0.6) is 0 Å². The second kappa shape index (κ2) is 5.53. The van der Waals surface area contributed by atoms with E-state index in [1.807, 2.05) is 6.92 Å². The summed E-state index contributed by atoms with van der Waals surface area (Å²) in [6.07, 6.45) is 6.31.